The van der Waals surface area contributed by atoms with E-state index in [2.05, 4.69) is 10.6 Å². The first-order valence-electron chi connectivity index (χ1n) is 14.8. The Hall–Kier alpha value is -3.37. The van der Waals surface area contributed by atoms with Crippen molar-refractivity contribution in [3.05, 3.63) is 71.3 Å². The van der Waals surface area contributed by atoms with Gasteiger partial charge < -0.3 is 25.5 Å². The second-order valence-electron chi connectivity index (χ2n) is 11.7. The molecule has 42 heavy (non-hydrogen) atoms. The summed E-state index contributed by atoms with van der Waals surface area (Å²) in [7, 11) is 1.61. The number of likely N-dealkylation sites (N-methyl/N-ethyl adjacent to an activating group) is 1. The van der Waals surface area contributed by atoms with Crippen LogP contribution in [0.1, 0.15) is 57.1 Å². The van der Waals surface area contributed by atoms with Crippen molar-refractivity contribution in [2.75, 3.05) is 20.1 Å². The lowest BCUT2D eigenvalue weighted by Gasteiger charge is -2.38. The number of hydrogen-bond donors (Lipinski definition) is 3. The van der Waals surface area contributed by atoms with Crippen molar-refractivity contribution in [2.45, 2.75) is 83.1 Å². The first-order valence-corrected chi connectivity index (χ1v) is 14.8. The highest BCUT2D eigenvalue weighted by Gasteiger charge is 2.51. The minimum absolute atomic E-state index is 0.0728. The molecule has 0 radical (unpaired) electrons. The summed E-state index contributed by atoms with van der Waals surface area (Å²) >= 11 is 0. The summed E-state index contributed by atoms with van der Waals surface area (Å²) in [5.74, 6) is -2.44. The van der Waals surface area contributed by atoms with E-state index >= 15 is 0 Å². The average Bonchev–Trinajstić information content (AvgIpc) is 3.19. The molecule has 10 heteroatoms. The number of rotatable bonds is 12. The first-order chi connectivity index (χ1) is 20.1. The van der Waals surface area contributed by atoms with Gasteiger partial charge in [0.05, 0.1) is 17.6 Å². The zero-order valence-corrected chi connectivity index (χ0v) is 24.6. The normalized spacial score (nSPS) is 21.9. The predicted molar refractivity (Wildman–Crippen MR) is 155 cm³/mol. The molecule has 4 rings (SSSR count). The molecule has 2 aromatic carbocycles. The van der Waals surface area contributed by atoms with Gasteiger partial charge in [-0.3, -0.25) is 14.4 Å². The minimum atomic E-state index is -1.41. The molecule has 2 aliphatic rings. The van der Waals surface area contributed by atoms with Crippen LogP contribution in [0, 0.1) is 17.0 Å². The van der Waals surface area contributed by atoms with Gasteiger partial charge in [0.15, 0.2) is 0 Å². The average molecular weight is 585 g/mol. The van der Waals surface area contributed by atoms with E-state index in [-0.39, 0.29) is 23.8 Å². The Morgan fingerprint density at radius 2 is 1.71 bits per heavy atom. The summed E-state index contributed by atoms with van der Waals surface area (Å²) in [6, 6.07) is 9.66. The van der Waals surface area contributed by atoms with Crippen molar-refractivity contribution < 1.29 is 28.3 Å². The minimum Gasteiger partial charge on any atom is -0.389 e. The molecule has 2 aromatic rings. The molecule has 8 nitrogen and oxygen atoms in total. The third kappa shape index (κ3) is 6.98. The molecule has 2 fully saturated rings. The fraction of sp³-hybridized carbons (Fsp3) is 0.531. The number of nitrogens with zero attached hydrogens (tertiary/aromatic N) is 2. The van der Waals surface area contributed by atoms with E-state index in [0.717, 1.165) is 36.6 Å². The highest BCUT2D eigenvalue weighted by molar-refractivity contribution is 5.94. The van der Waals surface area contributed by atoms with E-state index in [0.29, 0.717) is 38.9 Å². The zero-order chi connectivity index (χ0) is 30.4. The predicted octanol–water partition coefficient (Wildman–Crippen LogP) is 3.17. The second-order valence-corrected chi connectivity index (χ2v) is 11.7. The van der Waals surface area contributed by atoms with Gasteiger partial charge in [-0.15, -0.1) is 0 Å². The Labute approximate surface area is 246 Å². The van der Waals surface area contributed by atoms with Crippen molar-refractivity contribution in [3.63, 3.8) is 0 Å². The van der Waals surface area contributed by atoms with Crippen LogP contribution in [-0.4, -0.2) is 77.0 Å². The van der Waals surface area contributed by atoms with E-state index in [4.69, 9.17) is 0 Å². The number of halogens is 2. The molecular formula is C32H42F2N4O4. The van der Waals surface area contributed by atoms with Crippen molar-refractivity contribution in [1.82, 2.24) is 20.4 Å². The summed E-state index contributed by atoms with van der Waals surface area (Å²) in [5.41, 5.74) is 0.542. The SMILES string of the molecule is CCCC1(CCC)CC(C(=O)N[C@@H](Cc2cc(F)cc(F)c2)[C@H](O)[C@@H]2NCCN(Cc3ccccc3)C2=O)N(C)C1=O. The van der Waals surface area contributed by atoms with Crippen molar-refractivity contribution >= 4 is 17.7 Å². The fourth-order valence-electron chi connectivity index (χ4n) is 6.61. The van der Waals surface area contributed by atoms with Gasteiger partial charge in [-0.05, 0) is 48.9 Å². The van der Waals surface area contributed by atoms with Gasteiger partial charge in [-0.25, -0.2) is 8.78 Å². The van der Waals surface area contributed by atoms with Crippen LogP contribution in [0.3, 0.4) is 0 Å². The number of carbonyl (C=O) groups excluding carboxylic acids is 3. The Balaban J connectivity index is 1.57. The highest BCUT2D eigenvalue weighted by atomic mass is 19.1. The number of amides is 3. The molecule has 0 bridgehead atoms. The van der Waals surface area contributed by atoms with Gasteiger partial charge in [0, 0.05) is 32.7 Å². The van der Waals surface area contributed by atoms with Crippen LogP contribution in [0.4, 0.5) is 8.78 Å². The number of nitrogens with one attached hydrogen (secondary N) is 2. The zero-order valence-electron chi connectivity index (χ0n) is 24.6. The van der Waals surface area contributed by atoms with E-state index in [9.17, 15) is 28.3 Å². The van der Waals surface area contributed by atoms with E-state index in [1.807, 2.05) is 44.2 Å². The maximum atomic E-state index is 14.1. The standard InChI is InChI=1S/C32H42F2N4O4/c1-4-11-32(12-5-2)19-26(37(3)31(32)42)29(40)36-25(17-22-15-23(33)18-24(34)16-22)28(39)27-30(41)38(14-13-35-27)20-21-9-7-6-8-10-21/h6-10,15-16,18,25-28,35,39H,4-5,11-14,17,19-20H2,1-3H3,(H,36,40)/t25-,26?,27-,28-/m0/s1. The van der Waals surface area contributed by atoms with Gasteiger partial charge in [0.25, 0.3) is 0 Å². The molecule has 0 aliphatic carbocycles. The molecule has 1 unspecified atom stereocenters. The Bertz CT molecular complexity index is 1230. The fourth-order valence-corrected chi connectivity index (χ4v) is 6.61. The van der Waals surface area contributed by atoms with Gasteiger partial charge >= 0.3 is 0 Å². The number of aliphatic hydroxyl groups excluding tert-OH is 1. The summed E-state index contributed by atoms with van der Waals surface area (Å²) in [5, 5.41) is 17.5. The molecule has 3 N–H and O–H groups in total. The molecule has 0 saturated carbocycles. The highest BCUT2D eigenvalue weighted by Crippen LogP contribution is 2.43. The van der Waals surface area contributed by atoms with Crippen LogP contribution < -0.4 is 10.6 Å². The molecule has 228 valence electrons. The van der Waals surface area contributed by atoms with Crippen molar-refractivity contribution in [3.8, 4) is 0 Å². The van der Waals surface area contributed by atoms with Gasteiger partial charge in [-0.1, -0.05) is 57.0 Å². The number of carbonyl (C=O) groups is 3. The van der Waals surface area contributed by atoms with E-state index in [1.54, 1.807) is 11.9 Å². The van der Waals surface area contributed by atoms with Crippen LogP contribution in [0.25, 0.3) is 0 Å². The third-order valence-electron chi connectivity index (χ3n) is 8.58. The quantitative estimate of drug-likeness (QED) is 0.356. The first kappa shape index (κ1) is 31.6. The second kappa shape index (κ2) is 13.7. The van der Waals surface area contributed by atoms with Crippen LogP contribution in [-0.2, 0) is 27.3 Å². The van der Waals surface area contributed by atoms with Gasteiger partial charge in [-0.2, -0.15) is 0 Å². The van der Waals surface area contributed by atoms with Crippen LogP contribution >= 0.6 is 0 Å². The number of benzene rings is 2. The lowest BCUT2D eigenvalue weighted by molar-refractivity contribution is -0.141. The van der Waals surface area contributed by atoms with Crippen molar-refractivity contribution in [2.24, 2.45) is 5.41 Å². The summed E-state index contributed by atoms with van der Waals surface area (Å²) in [6.07, 6.45) is 1.75. The molecule has 2 saturated heterocycles. The monoisotopic (exact) mass is 584 g/mol. The third-order valence-corrected chi connectivity index (χ3v) is 8.58. The lowest BCUT2D eigenvalue weighted by Crippen LogP contribution is -2.64. The van der Waals surface area contributed by atoms with E-state index < -0.39 is 47.2 Å². The van der Waals surface area contributed by atoms with Crippen LogP contribution in [0.5, 0.6) is 0 Å². The largest absolute Gasteiger partial charge is 0.389 e. The number of likely N-dealkylation sites (tertiary alicyclic amines) is 1. The van der Waals surface area contributed by atoms with Gasteiger partial charge in [0.2, 0.25) is 17.7 Å². The maximum absolute atomic E-state index is 14.1. The topological polar surface area (TPSA) is 102 Å². The molecule has 0 aromatic heterocycles. The smallest absolute Gasteiger partial charge is 0.243 e. The Morgan fingerprint density at radius 1 is 1.07 bits per heavy atom. The number of piperazine rings is 1. The summed E-state index contributed by atoms with van der Waals surface area (Å²) in [6.45, 7) is 5.25. The van der Waals surface area contributed by atoms with Crippen molar-refractivity contribution in [1.29, 1.82) is 0 Å². The molecule has 2 heterocycles. The maximum Gasteiger partial charge on any atom is 0.243 e. The molecule has 2 aliphatic heterocycles. The molecule has 4 atom stereocenters. The molecule has 3 amide bonds. The van der Waals surface area contributed by atoms with E-state index in [1.165, 1.54) is 4.90 Å². The van der Waals surface area contributed by atoms with Crippen LogP contribution in [0.15, 0.2) is 48.5 Å². The summed E-state index contributed by atoms with van der Waals surface area (Å²) < 4.78 is 28.2. The Kier molecular flexibility index (Phi) is 10.3. The van der Waals surface area contributed by atoms with Crippen LogP contribution in [0.2, 0.25) is 0 Å². The lowest BCUT2D eigenvalue weighted by atomic mass is 9.76. The number of aliphatic hydroxyl groups is 1. The number of hydrogen-bond acceptors (Lipinski definition) is 5. The van der Waals surface area contributed by atoms with Gasteiger partial charge in [0.1, 0.15) is 23.7 Å². The molecular weight excluding hydrogens is 542 g/mol. The Morgan fingerprint density at radius 3 is 2.33 bits per heavy atom. The summed E-state index contributed by atoms with van der Waals surface area (Å²) in [4.78, 5) is 43.7. The molecule has 0 spiro atoms.